The minimum absolute atomic E-state index is 0.103. The number of rotatable bonds is 4. The molecule has 1 N–H and O–H groups in total. The number of hydrogen-bond donors (Lipinski definition) is 1. The van der Waals surface area contributed by atoms with Crippen LogP contribution < -0.4 is 5.32 Å². The van der Waals surface area contributed by atoms with Crippen molar-refractivity contribution in [2.24, 2.45) is 0 Å². The lowest BCUT2D eigenvalue weighted by Gasteiger charge is -2.22. The van der Waals surface area contributed by atoms with Crippen LogP contribution in [0.3, 0.4) is 0 Å². The summed E-state index contributed by atoms with van der Waals surface area (Å²) in [5, 5.41) is 3.39. The Morgan fingerprint density at radius 2 is 1.95 bits per heavy atom. The van der Waals surface area contributed by atoms with Crippen LogP contribution in [0.5, 0.6) is 0 Å². The topological polar surface area (TPSA) is 46.2 Å². The van der Waals surface area contributed by atoms with Crippen molar-refractivity contribution in [2.45, 2.75) is 25.4 Å². The van der Waals surface area contributed by atoms with Crippen LogP contribution in [0.2, 0.25) is 0 Å². The molecular weight excluding hydrogens is 302 g/mol. The van der Waals surface area contributed by atoms with Gasteiger partial charge in [-0.3, -0.25) is 0 Å². The lowest BCUT2D eigenvalue weighted by Crippen LogP contribution is -2.39. The first-order chi connectivity index (χ1) is 10.1. The van der Waals surface area contributed by atoms with Gasteiger partial charge in [0, 0.05) is 22.3 Å². The molecule has 2 heterocycles. The molecule has 1 aliphatic heterocycles. The molecule has 1 fully saturated rings. The fourth-order valence-corrected chi connectivity index (χ4v) is 5.29. The first-order valence-corrected chi connectivity index (χ1v) is 9.84. The molecule has 0 saturated carbocycles. The minimum Gasteiger partial charge on any atom is -0.308 e. The lowest BCUT2D eigenvalue weighted by atomic mass is 10.2. The average Bonchev–Trinajstić information content (AvgIpc) is 2.94. The van der Waals surface area contributed by atoms with Gasteiger partial charge < -0.3 is 5.32 Å². The van der Waals surface area contributed by atoms with Crippen LogP contribution in [-0.4, -0.2) is 26.0 Å². The van der Waals surface area contributed by atoms with Crippen LogP contribution in [0, 0.1) is 0 Å². The molecule has 2 aromatic rings. The zero-order chi connectivity index (χ0) is 14.7. The Balaban J connectivity index is 1.60. The van der Waals surface area contributed by atoms with Gasteiger partial charge >= 0.3 is 0 Å². The van der Waals surface area contributed by atoms with E-state index in [1.165, 1.54) is 15.3 Å². The quantitative estimate of drug-likeness (QED) is 0.941. The Hall–Kier alpha value is -1.17. The van der Waals surface area contributed by atoms with Gasteiger partial charge in [0.1, 0.15) is 0 Å². The second kappa shape index (κ2) is 6.30. The third kappa shape index (κ3) is 3.93. The van der Waals surface area contributed by atoms with Crippen molar-refractivity contribution in [1.82, 2.24) is 5.32 Å². The molecular formula is C16H19NO2S2. The van der Waals surface area contributed by atoms with Gasteiger partial charge in [-0.25, -0.2) is 8.42 Å². The second-order valence-electron chi connectivity index (χ2n) is 5.47. The molecule has 1 aromatic carbocycles. The van der Waals surface area contributed by atoms with Crippen LogP contribution in [0.1, 0.15) is 17.7 Å². The maximum Gasteiger partial charge on any atom is 0.151 e. The highest BCUT2D eigenvalue weighted by Gasteiger charge is 2.24. The SMILES string of the molecule is O=S1(=O)CCCC(NCc2ccc(-c3ccccc3)s2)C1. The van der Waals surface area contributed by atoms with E-state index in [-0.39, 0.29) is 11.8 Å². The van der Waals surface area contributed by atoms with Gasteiger partial charge in [0.25, 0.3) is 0 Å². The van der Waals surface area contributed by atoms with E-state index in [1.807, 2.05) is 18.2 Å². The van der Waals surface area contributed by atoms with Crippen molar-refractivity contribution in [1.29, 1.82) is 0 Å². The maximum absolute atomic E-state index is 11.6. The first-order valence-electron chi connectivity index (χ1n) is 7.20. The molecule has 3 rings (SSSR count). The molecule has 5 heteroatoms. The van der Waals surface area contributed by atoms with Gasteiger partial charge in [0.05, 0.1) is 11.5 Å². The van der Waals surface area contributed by atoms with Gasteiger partial charge in [-0.1, -0.05) is 30.3 Å². The average molecular weight is 321 g/mol. The second-order valence-corrected chi connectivity index (χ2v) is 8.86. The predicted molar refractivity (Wildman–Crippen MR) is 88.3 cm³/mol. The fourth-order valence-electron chi connectivity index (χ4n) is 2.66. The highest BCUT2D eigenvalue weighted by molar-refractivity contribution is 7.91. The summed E-state index contributed by atoms with van der Waals surface area (Å²) in [5.41, 5.74) is 1.23. The maximum atomic E-state index is 11.6. The van der Waals surface area contributed by atoms with Gasteiger partial charge in [-0.2, -0.15) is 0 Å². The molecule has 0 aliphatic carbocycles. The molecule has 0 radical (unpaired) electrons. The fraction of sp³-hybridized carbons (Fsp3) is 0.375. The minimum atomic E-state index is -2.83. The zero-order valence-electron chi connectivity index (χ0n) is 11.8. The third-order valence-corrected chi connectivity index (χ3v) is 6.70. The molecule has 1 aliphatic rings. The molecule has 0 spiro atoms. The standard InChI is InChI=1S/C16H19NO2S2/c18-21(19)10-4-7-14(12-21)17-11-15-8-9-16(20-15)13-5-2-1-3-6-13/h1-3,5-6,8-9,14,17H,4,7,10-12H2. The van der Waals surface area contributed by atoms with Crippen molar-refractivity contribution >= 4 is 21.2 Å². The lowest BCUT2D eigenvalue weighted by molar-refractivity contribution is 0.482. The van der Waals surface area contributed by atoms with E-state index in [1.54, 1.807) is 11.3 Å². The summed E-state index contributed by atoms with van der Waals surface area (Å²) in [6.07, 6.45) is 1.73. The largest absolute Gasteiger partial charge is 0.308 e. The van der Waals surface area contributed by atoms with Gasteiger partial charge in [-0.05, 0) is 30.5 Å². The van der Waals surface area contributed by atoms with E-state index in [2.05, 4.69) is 29.6 Å². The summed E-state index contributed by atoms with van der Waals surface area (Å²) in [5.74, 6) is 0.631. The molecule has 0 bridgehead atoms. The molecule has 1 saturated heterocycles. The summed E-state index contributed by atoms with van der Waals surface area (Å²) in [7, 11) is -2.83. The third-order valence-electron chi connectivity index (χ3n) is 3.75. The monoisotopic (exact) mass is 321 g/mol. The van der Waals surface area contributed by atoms with E-state index in [0.29, 0.717) is 5.75 Å². The number of nitrogens with one attached hydrogen (secondary N) is 1. The van der Waals surface area contributed by atoms with Crippen LogP contribution in [0.4, 0.5) is 0 Å². The molecule has 3 nitrogen and oxygen atoms in total. The van der Waals surface area contributed by atoms with Crippen LogP contribution >= 0.6 is 11.3 Å². The van der Waals surface area contributed by atoms with E-state index in [0.717, 1.165) is 19.4 Å². The van der Waals surface area contributed by atoms with Crippen molar-refractivity contribution < 1.29 is 8.42 Å². The van der Waals surface area contributed by atoms with Crippen molar-refractivity contribution in [3.05, 3.63) is 47.3 Å². The van der Waals surface area contributed by atoms with Crippen molar-refractivity contribution in [3.8, 4) is 10.4 Å². The Morgan fingerprint density at radius 3 is 2.71 bits per heavy atom. The van der Waals surface area contributed by atoms with Gasteiger partial charge in [0.15, 0.2) is 9.84 Å². The summed E-state index contributed by atoms with van der Waals surface area (Å²) in [4.78, 5) is 2.50. The summed E-state index contributed by atoms with van der Waals surface area (Å²) in [6, 6.07) is 14.7. The van der Waals surface area contributed by atoms with E-state index in [4.69, 9.17) is 0 Å². The highest BCUT2D eigenvalue weighted by atomic mass is 32.2. The summed E-state index contributed by atoms with van der Waals surface area (Å²) in [6.45, 7) is 0.748. The molecule has 1 atom stereocenters. The number of hydrogen-bond acceptors (Lipinski definition) is 4. The van der Waals surface area contributed by atoms with Crippen molar-refractivity contribution in [2.75, 3.05) is 11.5 Å². The normalized spacial score (nSPS) is 21.2. The highest BCUT2D eigenvalue weighted by Crippen LogP contribution is 2.28. The van der Waals surface area contributed by atoms with Gasteiger partial charge in [-0.15, -0.1) is 11.3 Å². The van der Waals surface area contributed by atoms with Crippen LogP contribution in [0.15, 0.2) is 42.5 Å². The number of thiophene rings is 1. The smallest absolute Gasteiger partial charge is 0.151 e. The Labute approximate surface area is 129 Å². The van der Waals surface area contributed by atoms with Crippen molar-refractivity contribution in [3.63, 3.8) is 0 Å². The Morgan fingerprint density at radius 1 is 1.14 bits per heavy atom. The Kier molecular flexibility index (Phi) is 4.42. The molecule has 21 heavy (non-hydrogen) atoms. The molecule has 1 unspecified atom stereocenters. The van der Waals surface area contributed by atoms with Crippen LogP contribution in [-0.2, 0) is 16.4 Å². The van der Waals surface area contributed by atoms with Gasteiger partial charge in [0.2, 0.25) is 0 Å². The predicted octanol–water partition coefficient (Wildman–Crippen LogP) is 3.08. The number of sulfone groups is 1. The van der Waals surface area contributed by atoms with E-state index in [9.17, 15) is 8.42 Å². The number of benzene rings is 1. The summed E-state index contributed by atoms with van der Waals surface area (Å²) >= 11 is 1.76. The molecule has 1 aromatic heterocycles. The Bertz CT molecular complexity index is 692. The zero-order valence-corrected chi connectivity index (χ0v) is 13.4. The van der Waals surface area contributed by atoms with Crippen LogP contribution in [0.25, 0.3) is 10.4 Å². The molecule has 112 valence electrons. The van der Waals surface area contributed by atoms with E-state index < -0.39 is 9.84 Å². The van der Waals surface area contributed by atoms with E-state index >= 15 is 0 Å². The first kappa shape index (κ1) is 14.8. The summed E-state index contributed by atoms with van der Waals surface area (Å²) < 4.78 is 23.2. The molecule has 0 amide bonds.